The van der Waals surface area contributed by atoms with Crippen LogP contribution in [-0.2, 0) is 11.3 Å². The smallest absolute Gasteiger partial charge is 0.258 e. The van der Waals surface area contributed by atoms with Crippen molar-refractivity contribution in [3.05, 3.63) is 29.8 Å². The number of ether oxygens (including phenoxy) is 1. The topological polar surface area (TPSA) is 84.8 Å². The van der Waals surface area contributed by atoms with E-state index in [2.05, 4.69) is 15.1 Å². The van der Waals surface area contributed by atoms with E-state index in [1.54, 1.807) is 19.2 Å². The Kier molecular flexibility index (Phi) is 2.89. The lowest BCUT2D eigenvalue weighted by Gasteiger charge is -1.92. The molecule has 2 aromatic rings. The van der Waals surface area contributed by atoms with Crippen molar-refractivity contribution < 1.29 is 9.26 Å². The summed E-state index contributed by atoms with van der Waals surface area (Å²) in [5, 5.41) is 12.4. The lowest BCUT2D eigenvalue weighted by molar-refractivity contribution is 0.174. The van der Waals surface area contributed by atoms with Crippen LogP contribution in [0.5, 0.6) is 0 Å². The van der Waals surface area contributed by atoms with Crippen LogP contribution in [0.4, 0.5) is 0 Å². The highest BCUT2D eigenvalue weighted by Gasteiger charge is 2.09. The lowest BCUT2D eigenvalue weighted by atomic mass is 10.2. The van der Waals surface area contributed by atoms with Crippen molar-refractivity contribution in [3.63, 3.8) is 0 Å². The molecule has 0 saturated heterocycles. The van der Waals surface area contributed by atoms with Crippen LogP contribution in [0.2, 0.25) is 0 Å². The molecule has 2 rings (SSSR count). The van der Waals surface area contributed by atoms with Gasteiger partial charge < -0.3 is 9.26 Å². The minimum atomic E-state index is 0.291. The highest BCUT2D eigenvalue weighted by Crippen LogP contribution is 2.17. The van der Waals surface area contributed by atoms with Crippen LogP contribution in [0, 0.1) is 11.3 Å². The molecule has 0 amide bonds. The standard InChI is InChI=1S/C10H8N4O2/c1-15-6-9-13-10(16-14-9)7-2-3-12-8(4-7)5-11/h2-4H,6H2,1H3. The molecule has 0 aromatic carbocycles. The summed E-state index contributed by atoms with van der Waals surface area (Å²) in [7, 11) is 1.55. The summed E-state index contributed by atoms with van der Waals surface area (Å²) >= 11 is 0. The zero-order valence-corrected chi connectivity index (χ0v) is 8.54. The minimum absolute atomic E-state index is 0.291. The number of pyridine rings is 1. The van der Waals surface area contributed by atoms with Gasteiger partial charge in [-0.1, -0.05) is 5.16 Å². The Morgan fingerprint density at radius 3 is 3.19 bits per heavy atom. The zero-order valence-electron chi connectivity index (χ0n) is 8.54. The average molecular weight is 216 g/mol. The van der Waals surface area contributed by atoms with Crippen LogP contribution in [-0.4, -0.2) is 22.2 Å². The Morgan fingerprint density at radius 1 is 1.56 bits per heavy atom. The first-order valence-electron chi connectivity index (χ1n) is 4.51. The van der Waals surface area contributed by atoms with Gasteiger partial charge in [-0.25, -0.2) is 4.98 Å². The normalized spacial score (nSPS) is 10.0. The van der Waals surface area contributed by atoms with Crippen molar-refractivity contribution >= 4 is 0 Å². The average Bonchev–Trinajstić information content (AvgIpc) is 2.78. The molecule has 0 radical (unpaired) electrons. The van der Waals surface area contributed by atoms with Gasteiger partial charge >= 0.3 is 0 Å². The van der Waals surface area contributed by atoms with Crippen LogP contribution in [0.1, 0.15) is 11.5 Å². The quantitative estimate of drug-likeness (QED) is 0.765. The van der Waals surface area contributed by atoms with Gasteiger partial charge in [0.15, 0.2) is 5.82 Å². The number of methoxy groups -OCH3 is 1. The molecule has 0 aliphatic carbocycles. The molecule has 0 aliphatic heterocycles. The van der Waals surface area contributed by atoms with E-state index < -0.39 is 0 Å². The van der Waals surface area contributed by atoms with E-state index in [9.17, 15) is 0 Å². The van der Waals surface area contributed by atoms with E-state index in [1.807, 2.05) is 6.07 Å². The van der Waals surface area contributed by atoms with Gasteiger partial charge in [-0.15, -0.1) is 0 Å². The molecule has 80 valence electrons. The van der Waals surface area contributed by atoms with E-state index in [0.29, 0.717) is 29.6 Å². The van der Waals surface area contributed by atoms with Crippen LogP contribution in [0.25, 0.3) is 11.5 Å². The molecule has 0 atom stereocenters. The third-order valence-corrected chi connectivity index (χ3v) is 1.86. The molecule has 0 unspecified atom stereocenters. The van der Waals surface area contributed by atoms with E-state index in [1.165, 1.54) is 6.20 Å². The largest absolute Gasteiger partial charge is 0.377 e. The Morgan fingerprint density at radius 2 is 2.44 bits per heavy atom. The van der Waals surface area contributed by atoms with Gasteiger partial charge in [0.25, 0.3) is 5.89 Å². The first-order chi connectivity index (χ1) is 7.83. The van der Waals surface area contributed by atoms with E-state index in [4.69, 9.17) is 14.5 Å². The highest BCUT2D eigenvalue weighted by atomic mass is 16.5. The van der Waals surface area contributed by atoms with Gasteiger partial charge in [0, 0.05) is 18.9 Å². The first-order valence-corrected chi connectivity index (χ1v) is 4.51. The minimum Gasteiger partial charge on any atom is -0.377 e. The molecule has 0 bridgehead atoms. The van der Waals surface area contributed by atoms with Crippen molar-refractivity contribution in [1.29, 1.82) is 5.26 Å². The Labute approximate surface area is 91.5 Å². The van der Waals surface area contributed by atoms with Crippen molar-refractivity contribution in [3.8, 4) is 17.5 Å². The van der Waals surface area contributed by atoms with Crippen LogP contribution in [0.3, 0.4) is 0 Å². The summed E-state index contributed by atoms with van der Waals surface area (Å²) < 4.78 is 9.90. The number of aromatic nitrogens is 3. The van der Waals surface area contributed by atoms with Crippen molar-refractivity contribution in [2.45, 2.75) is 6.61 Å². The molecule has 0 saturated carbocycles. The molecule has 6 heteroatoms. The Hall–Kier alpha value is -2.26. The summed E-state index contributed by atoms with van der Waals surface area (Å²) in [4.78, 5) is 7.96. The molecule has 16 heavy (non-hydrogen) atoms. The van der Waals surface area contributed by atoms with Crippen molar-refractivity contribution in [2.24, 2.45) is 0 Å². The Bertz CT molecular complexity index is 530. The van der Waals surface area contributed by atoms with Gasteiger partial charge in [-0.2, -0.15) is 10.2 Å². The second kappa shape index (κ2) is 4.51. The number of rotatable bonds is 3. The van der Waals surface area contributed by atoms with Crippen LogP contribution in [0.15, 0.2) is 22.9 Å². The number of nitrogens with zero attached hydrogens (tertiary/aromatic N) is 4. The monoisotopic (exact) mass is 216 g/mol. The zero-order chi connectivity index (χ0) is 11.4. The third kappa shape index (κ3) is 2.04. The molecule has 2 aromatic heterocycles. The summed E-state index contributed by atoms with van der Waals surface area (Å²) in [6, 6.07) is 5.23. The molecular formula is C10H8N4O2. The van der Waals surface area contributed by atoms with Gasteiger partial charge in [-0.05, 0) is 12.1 Å². The van der Waals surface area contributed by atoms with Crippen LogP contribution >= 0.6 is 0 Å². The fourth-order valence-electron chi connectivity index (χ4n) is 1.18. The molecule has 0 fully saturated rings. The second-order valence-corrected chi connectivity index (χ2v) is 2.99. The molecule has 0 N–H and O–H groups in total. The molecule has 0 aliphatic rings. The lowest BCUT2D eigenvalue weighted by Crippen LogP contribution is -1.89. The summed E-state index contributed by atoms with van der Waals surface area (Å²) in [6.45, 7) is 0.291. The Balaban J connectivity index is 2.32. The predicted octanol–water partition coefficient (Wildman–Crippen LogP) is 1.15. The molecular weight excluding hydrogens is 208 g/mol. The maximum absolute atomic E-state index is 8.70. The number of hydrogen-bond donors (Lipinski definition) is 0. The van der Waals surface area contributed by atoms with E-state index >= 15 is 0 Å². The predicted molar refractivity (Wildman–Crippen MR) is 53.0 cm³/mol. The second-order valence-electron chi connectivity index (χ2n) is 2.99. The van der Waals surface area contributed by atoms with Gasteiger partial charge in [0.1, 0.15) is 18.4 Å². The van der Waals surface area contributed by atoms with Gasteiger partial charge in [0.05, 0.1) is 0 Å². The fourth-order valence-corrected chi connectivity index (χ4v) is 1.18. The number of nitriles is 1. The number of hydrogen-bond acceptors (Lipinski definition) is 6. The SMILES string of the molecule is COCc1noc(-c2ccnc(C#N)c2)n1. The maximum atomic E-state index is 8.70. The van der Waals surface area contributed by atoms with Crippen molar-refractivity contribution in [2.75, 3.05) is 7.11 Å². The van der Waals surface area contributed by atoms with Crippen LogP contribution < -0.4 is 0 Å². The highest BCUT2D eigenvalue weighted by molar-refractivity contribution is 5.53. The fraction of sp³-hybridized carbons (Fsp3) is 0.200. The molecule has 2 heterocycles. The maximum Gasteiger partial charge on any atom is 0.258 e. The van der Waals surface area contributed by atoms with Crippen molar-refractivity contribution in [1.82, 2.24) is 15.1 Å². The summed E-state index contributed by atoms with van der Waals surface area (Å²) in [6.07, 6.45) is 1.52. The van der Waals surface area contributed by atoms with Gasteiger partial charge in [-0.3, -0.25) is 0 Å². The third-order valence-electron chi connectivity index (χ3n) is 1.86. The summed E-state index contributed by atoms with van der Waals surface area (Å²) in [5.41, 5.74) is 0.977. The van der Waals surface area contributed by atoms with Gasteiger partial charge in [0.2, 0.25) is 0 Å². The van der Waals surface area contributed by atoms with E-state index in [-0.39, 0.29) is 0 Å². The van der Waals surface area contributed by atoms with E-state index in [0.717, 1.165) is 0 Å². The first kappa shape index (κ1) is 10.3. The summed E-state index contributed by atoms with van der Waals surface area (Å²) in [5.74, 6) is 0.818. The molecule has 6 nitrogen and oxygen atoms in total. The molecule has 0 spiro atoms.